The maximum Gasteiger partial charge on any atom is 0.337 e. The van der Waals surface area contributed by atoms with Crippen LogP contribution in [0.1, 0.15) is 10.4 Å². The lowest BCUT2D eigenvalue weighted by Gasteiger charge is -2.02. The van der Waals surface area contributed by atoms with E-state index in [0.717, 1.165) is 10.9 Å². The zero-order valence-electron chi connectivity index (χ0n) is 10.0. The summed E-state index contributed by atoms with van der Waals surface area (Å²) in [4.78, 5) is 22.6. The van der Waals surface area contributed by atoms with Crippen LogP contribution in [0, 0.1) is 0 Å². The molecule has 1 aromatic heterocycles. The molecule has 0 spiro atoms. The van der Waals surface area contributed by atoms with Gasteiger partial charge in [0.15, 0.2) is 0 Å². The van der Waals surface area contributed by atoms with Gasteiger partial charge in [-0.3, -0.25) is 9.48 Å². The van der Waals surface area contributed by atoms with Crippen molar-refractivity contribution in [1.29, 1.82) is 0 Å². The number of rotatable bonds is 3. The van der Waals surface area contributed by atoms with Gasteiger partial charge in [0.2, 0.25) is 0 Å². The van der Waals surface area contributed by atoms with Crippen molar-refractivity contribution in [2.45, 2.75) is 6.54 Å². The Morgan fingerprint density at radius 1 is 1.28 bits per heavy atom. The Hall–Kier alpha value is -2.37. The van der Waals surface area contributed by atoms with Crippen molar-refractivity contribution in [3.63, 3.8) is 0 Å². The second-order valence-corrected chi connectivity index (χ2v) is 3.64. The first-order valence-electron chi connectivity index (χ1n) is 5.26. The Balaban J connectivity index is 2.37. The molecule has 0 radical (unpaired) electrons. The van der Waals surface area contributed by atoms with Gasteiger partial charge in [-0.1, -0.05) is 0 Å². The van der Waals surface area contributed by atoms with Gasteiger partial charge < -0.3 is 9.47 Å². The molecule has 0 aliphatic heterocycles. The number of carbonyl (C=O) groups is 2. The topological polar surface area (TPSA) is 70.4 Å². The van der Waals surface area contributed by atoms with E-state index in [1.807, 2.05) is 0 Å². The molecular weight excluding hydrogens is 236 g/mol. The second-order valence-electron chi connectivity index (χ2n) is 3.64. The summed E-state index contributed by atoms with van der Waals surface area (Å²) in [5.74, 6) is -0.783. The summed E-state index contributed by atoms with van der Waals surface area (Å²) in [7, 11) is 2.65. The quantitative estimate of drug-likeness (QED) is 0.758. The lowest BCUT2D eigenvalue weighted by atomic mass is 10.1. The number of hydrogen-bond acceptors (Lipinski definition) is 5. The van der Waals surface area contributed by atoms with Gasteiger partial charge in [-0.2, -0.15) is 5.10 Å². The highest BCUT2D eigenvalue weighted by Crippen LogP contribution is 2.16. The van der Waals surface area contributed by atoms with E-state index in [2.05, 4.69) is 14.6 Å². The molecule has 94 valence electrons. The molecule has 0 saturated heterocycles. The number of methoxy groups -OCH3 is 2. The van der Waals surface area contributed by atoms with Crippen LogP contribution in [0.2, 0.25) is 0 Å². The minimum absolute atomic E-state index is 0.0393. The van der Waals surface area contributed by atoms with E-state index in [1.54, 1.807) is 24.4 Å². The van der Waals surface area contributed by atoms with Crippen molar-refractivity contribution in [2.24, 2.45) is 0 Å². The molecule has 0 saturated carbocycles. The minimum atomic E-state index is -0.405. The highest BCUT2D eigenvalue weighted by molar-refractivity contribution is 5.94. The van der Waals surface area contributed by atoms with Gasteiger partial charge in [0, 0.05) is 5.39 Å². The molecule has 0 aliphatic carbocycles. The summed E-state index contributed by atoms with van der Waals surface area (Å²) in [5, 5.41) is 4.84. The molecule has 2 rings (SSSR count). The zero-order chi connectivity index (χ0) is 13.1. The number of esters is 2. The van der Waals surface area contributed by atoms with E-state index in [4.69, 9.17) is 0 Å². The highest BCUT2D eigenvalue weighted by atomic mass is 16.5. The van der Waals surface area contributed by atoms with E-state index >= 15 is 0 Å². The molecule has 0 unspecified atom stereocenters. The summed E-state index contributed by atoms with van der Waals surface area (Å²) < 4.78 is 10.7. The van der Waals surface area contributed by atoms with E-state index in [0.29, 0.717) is 5.56 Å². The average Bonchev–Trinajstić information content (AvgIpc) is 2.80. The number of hydrogen-bond donors (Lipinski definition) is 0. The molecule has 2 aromatic rings. The van der Waals surface area contributed by atoms with Gasteiger partial charge in [-0.15, -0.1) is 0 Å². The SMILES string of the molecule is COC(=O)Cn1ncc2cc(C(=O)OC)ccc21. The molecule has 0 N–H and O–H groups in total. The van der Waals surface area contributed by atoms with Crippen molar-refractivity contribution in [3.8, 4) is 0 Å². The van der Waals surface area contributed by atoms with E-state index in [9.17, 15) is 9.59 Å². The lowest BCUT2D eigenvalue weighted by Crippen LogP contribution is -2.12. The maximum absolute atomic E-state index is 11.4. The van der Waals surface area contributed by atoms with Crippen LogP contribution in [-0.2, 0) is 20.8 Å². The molecule has 18 heavy (non-hydrogen) atoms. The van der Waals surface area contributed by atoms with Gasteiger partial charge in [0.25, 0.3) is 0 Å². The van der Waals surface area contributed by atoms with E-state index in [1.165, 1.54) is 18.9 Å². The highest BCUT2D eigenvalue weighted by Gasteiger charge is 2.10. The van der Waals surface area contributed by atoms with Gasteiger partial charge in [-0.25, -0.2) is 4.79 Å². The summed E-state index contributed by atoms with van der Waals surface area (Å²) >= 11 is 0. The van der Waals surface area contributed by atoms with Crippen LogP contribution in [0.3, 0.4) is 0 Å². The number of benzene rings is 1. The summed E-state index contributed by atoms with van der Waals surface area (Å²) in [6.45, 7) is 0.0393. The van der Waals surface area contributed by atoms with Crippen LogP contribution in [0.5, 0.6) is 0 Å². The molecule has 0 amide bonds. The third kappa shape index (κ3) is 2.17. The largest absolute Gasteiger partial charge is 0.468 e. The first kappa shape index (κ1) is 12.1. The predicted octanol–water partition coefficient (Wildman–Crippen LogP) is 0.996. The number of ether oxygens (including phenoxy) is 2. The molecule has 1 aromatic carbocycles. The minimum Gasteiger partial charge on any atom is -0.468 e. The van der Waals surface area contributed by atoms with Crippen molar-refractivity contribution in [3.05, 3.63) is 30.0 Å². The molecule has 0 aliphatic rings. The molecule has 0 fully saturated rings. The van der Waals surface area contributed by atoms with Crippen LogP contribution < -0.4 is 0 Å². The van der Waals surface area contributed by atoms with E-state index in [-0.39, 0.29) is 12.5 Å². The van der Waals surface area contributed by atoms with E-state index < -0.39 is 5.97 Å². The Morgan fingerprint density at radius 3 is 2.72 bits per heavy atom. The maximum atomic E-state index is 11.4. The van der Waals surface area contributed by atoms with Crippen LogP contribution >= 0.6 is 0 Å². The summed E-state index contributed by atoms with van der Waals surface area (Å²) in [6.07, 6.45) is 1.59. The first-order chi connectivity index (χ1) is 8.65. The van der Waals surface area contributed by atoms with Gasteiger partial charge in [0.05, 0.1) is 31.5 Å². The predicted molar refractivity (Wildman–Crippen MR) is 63.1 cm³/mol. The van der Waals surface area contributed by atoms with Crippen molar-refractivity contribution in [1.82, 2.24) is 9.78 Å². The van der Waals surface area contributed by atoms with Crippen molar-refractivity contribution in [2.75, 3.05) is 14.2 Å². The van der Waals surface area contributed by atoms with Crippen LogP contribution in [-0.4, -0.2) is 35.9 Å². The first-order valence-corrected chi connectivity index (χ1v) is 5.26. The molecule has 6 heteroatoms. The standard InChI is InChI=1S/C12H12N2O4/c1-17-11(15)7-14-10-4-3-8(12(16)18-2)5-9(10)6-13-14/h3-6H,7H2,1-2H3. The normalized spacial score (nSPS) is 10.3. The van der Waals surface area contributed by atoms with Crippen LogP contribution in [0.25, 0.3) is 10.9 Å². The lowest BCUT2D eigenvalue weighted by molar-refractivity contribution is -0.141. The Kier molecular flexibility index (Phi) is 3.27. The monoisotopic (exact) mass is 248 g/mol. The fourth-order valence-corrected chi connectivity index (χ4v) is 1.64. The molecule has 0 bridgehead atoms. The number of aromatic nitrogens is 2. The fraction of sp³-hybridized carbons (Fsp3) is 0.250. The fourth-order valence-electron chi connectivity index (χ4n) is 1.64. The second kappa shape index (κ2) is 4.87. The zero-order valence-corrected chi connectivity index (χ0v) is 10.0. The Bertz CT molecular complexity index is 603. The summed E-state index contributed by atoms with van der Waals surface area (Å²) in [5.41, 5.74) is 1.20. The Labute approximate surface area is 103 Å². The molecular formula is C12H12N2O4. The van der Waals surface area contributed by atoms with Crippen molar-refractivity contribution < 1.29 is 19.1 Å². The smallest absolute Gasteiger partial charge is 0.337 e. The van der Waals surface area contributed by atoms with Gasteiger partial charge in [-0.05, 0) is 18.2 Å². The van der Waals surface area contributed by atoms with Crippen molar-refractivity contribution >= 4 is 22.8 Å². The molecule has 0 atom stereocenters. The molecule has 1 heterocycles. The van der Waals surface area contributed by atoms with Gasteiger partial charge >= 0.3 is 11.9 Å². The third-order valence-electron chi connectivity index (χ3n) is 2.57. The van der Waals surface area contributed by atoms with Gasteiger partial charge in [0.1, 0.15) is 6.54 Å². The molecule has 6 nitrogen and oxygen atoms in total. The number of nitrogens with zero attached hydrogens (tertiary/aromatic N) is 2. The summed E-state index contributed by atoms with van der Waals surface area (Å²) in [6, 6.07) is 5.02. The van der Waals surface area contributed by atoms with Crippen LogP contribution in [0.15, 0.2) is 24.4 Å². The number of fused-ring (bicyclic) bond motifs is 1. The number of carbonyl (C=O) groups excluding carboxylic acids is 2. The third-order valence-corrected chi connectivity index (χ3v) is 2.57. The Morgan fingerprint density at radius 2 is 2.06 bits per heavy atom. The average molecular weight is 248 g/mol. The van der Waals surface area contributed by atoms with Crippen LogP contribution in [0.4, 0.5) is 0 Å².